The Morgan fingerprint density at radius 2 is 2.32 bits per heavy atom. The van der Waals surface area contributed by atoms with Crippen molar-refractivity contribution in [2.75, 3.05) is 19.8 Å². The largest absolute Gasteiger partial charge is 0.375 e. The molecular weight excluding hydrogens is 334 g/mol. The van der Waals surface area contributed by atoms with Crippen LogP contribution in [0, 0.1) is 6.92 Å². The molecule has 1 saturated heterocycles. The Bertz CT molecular complexity index is 657. The molecule has 136 valence electrons. The topological polar surface area (TPSA) is 39.5 Å². The third-order valence-electron chi connectivity index (χ3n) is 5.23. The van der Waals surface area contributed by atoms with Crippen molar-refractivity contribution >= 4 is 11.3 Å². The van der Waals surface area contributed by atoms with Gasteiger partial charge in [-0.15, -0.1) is 11.3 Å². The van der Waals surface area contributed by atoms with E-state index in [-0.39, 0.29) is 12.2 Å². The number of fused-ring (bicyclic) bond motifs is 1. The van der Waals surface area contributed by atoms with Gasteiger partial charge in [0.15, 0.2) is 0 Å². The van der Waals surface area contributed by atoms with Gasteiger partial charge in [0.1, 0.15) is 0 Å². The Balaban J connectivity index is 1.27. The number of nitrogens with zero attached hydrogens (tertiary/aromatic N) is 3. The summed E-state index contributed by atoms with van der Waals surface area (Å²) in [6.45, 7) is 6.77. The Morgan fingerprint density at radius 1 is 1.36 bits per heavy atom. The molecule has 2 aliphatic rings. The number of morpholine rings is 1. The number of aromatic nitrogens is 2. The molecule has 0 unspecified atom stereocenters. The van der Waals surface area contributed by atoms with Gasteiger partial charge in [0.2, 0.25) is 0 Å². The highest BCUT2D eigenvalue weighted by atomic mass is 32.1. The van der Waals surface area contributed by atoms with Crippen LogP contribution in [0.5, 0.6) is 0 Å². The minimum atomic E-state index is 0.236. The summed E-state index contributed by atoms with van der Waals surface area (Å²) in [6.07, 6.45) is 7.58. The fourth-order valence-electron chi connectivity index (χ4n) is 4.03. The molecule has 0 amide bonds. The van der Waals surface area contributed by atoms with Crippen molar-refractivity contribution in [1.82, 2.24) is 14.7 Å². The van der Waals surface area contributed by atoms with Gasteiger partial charge in [-0.1, -0.05) is 0 Å². The van der Waals surface area contributed by atoms with Crippen molar-refractivity contribution in [3.63, 3.8) is 0 Å². The lowest BCUT2D eigenvalue weighted by Gasteiger charge is -2.38. The van der Waals surface area contributed by atoms with Crippen LogP contribution in [0.3, 0.4) is 0 Å². The summed E-state index contributed by atoms with van der Waals surface area (Å²) in [7, 11) is 0. The number of hydrogen-bond acceptors (Lipinski definition) is 5. The lowest BCUT2D eigenvalue weighted by atomic mass is 10.1. The van der Waals surface area contributed by atoms with Crippen LogP contribution in [-0.4, -0.2) is 52.7 Å². The minimum Gasteiger partial charge on any atom is -0.375 e. The van der Waals surface area contributed by atoms with Crippen molar-refractivity contribution in [3.05, 3.63) is 40.3 Å². The van der Waals surface area contributed by atoms with Crippen molar-refractivity contribution < 1.29 is 9.47 Å². The van der Waals surface area contributed by atoms with Gasteiger partial charge < -0.3 is 9.47 Å². The van der Waals surface area contributed by atoms with Crippen LogP contribution in [0.4, 0.5) is 0 Å². The van der Waals surface area contributed by atoms with Crippen molar-refractivity contribution in [3.8, 4) is 0 Å². The first-order chi connectivity index (χ1) is 12.3. The van der Waals surface area contributed by atoms with E-state index in [1.165, 1.54) is 16.2 Å². The zero-order chi connectivity index (χ0) is 17.1. The van der Waals surface area contributed by atoms with Gasteiger partial charge in [0, 0.05) is 54.4 Å². The third kappa shape index (κ3) is 4.14. The van der Waals surface area contributed by atoms with Crippen molar-refractivity contribution in [2.45, 2.75) is 57.5 Å². The first kappa shape index (κ1) is 17.2. The molecule has 1 aliphatic carbocycles. The summed E-state index contributed by atoms with van der Waals surface area (Å²) in [4.78, 5) is 5.46. The molecule has 0 radical (unpaired) electrons. The summed E-state index contributed by atoms with van der Waals surface area (Å²) < 4.78 is 14.3. The Morgan fingerprint density at radius 3 is 3.12 bits per heavy atom. The second-order valence-corrected chi connectivity index (χ2v) is 8.37. The van der Waals surface area contributed by atoms with Crippen molar-refractivity contribution in [1.29, 1.82) is 0 Å². The molecule has 0 aromatic carbocycles. The number of hydrogen-bond donors (Lipinski definition) is 0. The molecule has 1 saturated carbocycles. The second-order valence-electron chi connectivity index (χ2n) is 6.99. The standard InChI is InChI=1S/C19H27N3O2S/c1-15-4-5-16(25-15)14-21-11-13-24-19-17(21)6-7-18(19)23-12-3-10-22-9-2-8-20-22/h2,4-5,8-9,17-19H,3,6-7,10-14H2,1H3/t17-,18+,19+/m0/s1. The van der Waals surface area contributed by atoms with Gasteiger partial charge in [0.05, 0.1) is 18.8 Å². The van der Waals surface area contributed by atoms with E-state index in [4.69, 9.17) is 9.47 Å². The van der Waals surface area contributed by atoms with E-state index in [0.29, 0.717) is 6.04 Å². The van der Waals surface area contributed by atoms with Crippen LogP contribution in [0.2, 0.25) is 0 Å². The first-order valence-corrected chi connectivity index (χ1v) is 10.1. The molecule has 3 atom stereocenters. The van der Waals surface area contributed by atoms with E-state index in [2.05, 4.69) is 29.1 Å². The number of rotatable bonds is 7. The summed E-state index contributed by atoms with van der Waals surface area (Å²) in [5.74, 6) is 0. The van der Waals surface area contributed by atoms with E-state index < -0.39 is 0 Å². The van der Waals surface area contributed by atoms with Crippen LogP contribution in [0.25, 0.3) is 0 Å². The van der Waals surface area contributed by atoms with E-state index in [0.717, 1.165) is 45.7 Å². The van der Waals surface area contributed by atoms with Crippen molar-refractivity contribution in [2.24, 2.45) is 0 Å². The smallest absolute Gasteiger partial charge is 0.0992 e. The molecule has 0 N–H and O–H groups in total. The molecule has 1 aliphatic heterocycles. The van der Waals surface area contributed by atoms with E-state index in [1.807, 2.05) is 34.5 Å². The first-order valence-electron chi connectivity index (χ1n) is 9.29. The molecule has 2 aromatic rings. The van der Waals surface area contributed by atoms with Gasteiger partial charge in [-0.2, -0.15) is 5.10 Å². The molecule has 2 aromatic heterocycles. The molecule has 4 rings (SSSR count). The van der Waals surface area contributed by atoms with E-state index in [9.17, 15) is 0 Å². The molecular formula is C19H27N3O2S. The highest BCUT2D eigenvalue weighted by molar-refractivity contribution is 7.11. The number of ether oxygens (including phenoxy) is 2. The highest BCUT2D eigenvalue weighted by Gasteiger charge is 2.43. The van der Waals surface area contributed by atoms with Crippen LogP contribution in [0.15, 0.2) is 30.6 Å². The molecule has 0 bridgehead atoms. The molecule has 5 nitrogen and oxygen atoms in total. The van der Waals surface area contributed by atoms with Gasteiger partial charge in [0.25, 0.3) is 0 Å². The number of thiophene rings is 1. The Kier molecular flexibility index (Phi) is 5.51. The predicted octanol–water partition coefficient (Wildman–Crippen LogP) is 3.09. The zero-order valence-corrected chi connectivity index (χ0v) is 15.7. The predicted molar refractivity (Wildman–Crippen MR) is 98.8 cm³/mol. The quantitative estimate of drug-likeness (QED) is 0.711. The summed E-state index contributed by atoms with van der Waals surface area (Å²) in [6, 6.07) is 6.95. The lowest BCUT2D eigenvalue weighted by Crippen LogP contribution is -2.51. The fraction of sp³-hybridized carbons (Fsp3) is 0.632. The average Bonchev–Trinajstić information content (AvgIpc) is 3.34. The second kappa shape index (κ2) is 7.99. The lowest BCUT2D eigenvalue weighted by molar-refractivity contribution is -0.115. The van der Waals surface area contributed by atoms with Crippen LogP contribution >= 0.6 is 11.3 Å². The normalized spacial score (nSPS) is 26.8. The van der Waals surface area contributed by atoms with Crippen LogP contribution in [-0.2, 0) is 22.6 Å². The van der Waals surface area contributed by atoms with Gasteiger partial charge in [-0.25, -0.2) is 0 Å². The van der Waals surface area contributed by atoms with Crippen LogP contribution < -0.4 is 0 Å². The zero-order valence-electron chi connectivity index (χ0n) is 14.8. The van der Waals surface area contributed by atoms with Gasteiger partial charge >= 0.3 is 0 Å². The molecule has 25 heavy (non-hydrogen) atoms. The Labute approximate surface area is 153 Å². The third-order valence-corrected chi connectivity index (χ3v) is 6.21. The van der Waals surface area contributed by atoms with Gasteiger partial charge in [-0.3, -0.25) is 9.58 Å². The Hall–Kier alpha value is -1.21. The fourth-order valence-corrected chi connectivity index (χ4v) is 4.95. The number of aryl methyl sites for hydroxylation is 2. The summed E-state index contributed by atoms with van der Waals surface area (Å²) >= 11 is 1.91. The highest BCUT2D eigenvalue weighted by Crippen LogP contribution is 2.33. The maximum absolute atomic E-state index is 6.18. The van der Waals surface area contributed by atoms with Gasteiger partial charge in [-0.05, 0) is 44.4 Å². The summed E-state index contributed by atoms with van der Waals surface area (Å²) in [5.41, 5.74) is 0. The molecule has 6 heteroatoms. The molecule has 2 fully saturated rings. The maximum atomic E-state index is 6.18. The minimum absolute atomic E-state index is 0.236. The summed E-state index contributed by atoms with van der Waals surface area (Å²) in [5, 5.41) is 4.23. The molecule has 0 spiro atoms. The van der Waals surface area contributed by atoms with E-state index >= 15 is 0 Å². The SMILES string of the molecule is Cc1ccc(CN2CCO[C@H]3[C@H](OCCCn4cccn4)CC[C@@H]32)s1. The average molecular weight is 362 g/mol. The maximum Gasteiger partial charge on any atom is 0.0992 e. The van der Waals surface area contributed by atoms with E-state index in [1.54, 1.807) is 0 Å². The molecule has 3 heterocycles. The van der Waals surface area contributed by atoms with Crippen LogP contribution in [0.1, 0.15) is 29.0 Å². The monoisotopic (exact) mass is 361 g/mol.